The summed E-state index contributed by atoms with van der Waals surface area (Å²) < 4.78 is 22.6. The zero-order valence-electron chi connectivity index (χ0n) is 41.4. The van der Waals surface area contributed by atoms with Crippen LogP contribution in [0.3, 0.4) is 0 Å². The lowest BCUT2D eigenvalue weighted by Gasteiger charge is -2.40. The molecular weight excluding hydrogens is 889 g/mol. The molecule has 374 valence electrons. The maximum absolute atomic E-state index is 14.6. The van der Waals surface area contributed by atoms with Crippen molar-refractivity contribution in [2.24, 2.45) is 23.7 Å². The molecule has 0 unspecified atom stereocenters. The smallest absolute Gasteiger partial charge is 0.407 e. The molecule has 6 fully saturated rings. The molecule has 70 heavy (non-hydrogen) atoms. The van der Waals surface area contributed by atoms with Crippen LogP contribution in [0.4, 0.5) is 9.59 Å². The molecule has 16 heteroatoms. The van der Waals surface area contributed by atoms with Gasteiger partial charge in [-0.1, -0.05) is 48.5 Å². The number of benzene rings is 2. The first kappa shape index (κ1) is 47.9. The third-order valence-electron chi connectivity index (χ3n) is 16.2. The van der Waals surface area contributed by atoms with Gasteiger partial charge in [-0.25, -0.2) is 19.6 Å². The van der Waals surface area contributed by atoms with Gasteiger partial charge in [-0.2, -0.15) is 0 Å². The summed E-state index contributed by atoms with van der Waals surface area (Å²) in [5.41, 5.74) is 5.80. The monoisotopic (exact) mass is 959 g/mol. The Labute approximate surface area is 410 Å². The zero-order chi connectivity index (χ0) is 48.8. The summed E-state index contributed by atoms with van der Waals surface area (Å²) in [5, 5.41) is 5.87. The normalized spacial score (nSPS) is 29.9. The molecule has 2 aliphatic carbocycles. The second kappa shape index (κ2) is 20.2. The minimum absolute atomic E-state index is 0.00459. The number of alkyl carbamates (subject to hydrolysis) is 2. The zero-order valence-corrected chi connectivity index (χ0v) is 41.4. The van der Waals surface area contributed by atoms with Crippen molar-refractivity contribution in [2.45, 2.75) is 165 Å². The van der Waals surface area contributed by atoms with Crippen LogP contribution in [-0.4, -0.2) is 117 Å². The fourth-order valence-electron chi connectivity index (χ4n) is 12.2. The Morgan fingerprint density at radius 3 is 1.29 bits per heavy atom. The molecule has 6 heterocycles. The number of rotatable bonds is 13. The van der Waals surface area contributed by atoms with Crippen molar-refractivity contribution in [3.05, 3.63) is 72.6 Å². The van der Waals surface area contributed by atoms with E-state index in [-0.39, 0.29) is 72.2 Å². The molecule has 4 aliphatic heterocycles. The van der Waals surface area contributed by atoms with Gasteiger partial charge >= 0.3 is 12.2 Å². The lowest BCUT2D eigenvalue weighted by Crippen LogP contribution is -2.55. The van der Waals surface area contributed by atoms with E-state index in [2.05, 4.69) is 96.8 Å². The summed E-state index contributed by atoms with van der Waals surface area (Å²) in [6.07, 6.45) is 13.3. The molecule has 4 aromatic rings. The average molecular weight is 959 g/mol. The molecule has 4 amide bonds. The fourth-order valence-corrected chi connectivity index (χ4v) is 12.2. The number of methoxy groups -OCH3 is 2. The molecule has 4 N–H and O–H groups in total. The van der Waals surface area contributed by atoms with E-state index in [1.807, 2.05) is 22.2 Å². The van der Waals surface area contributed by atoms with Crippen molar-refractivity contribution in [3.63, 3.8) is 0 Å². The number of aromatic nitrogens is 4. The number of imidazole rings is 2. The SMILES string of the molecule is COC(=O)N[C@H](C(=O)N1[C@@H](C)CC[C@H]1c1ncc(-c2ccc(-c3ccc(-c4cnc([C@@H]5CC[C@H](C)N5C(=O)[C@@H](NC(=O)OC)[C@H]5C[C@@H](C6CC6)O[C@@H](C)C5)[nH]4)cc3)cc2)[nH]1)[C@@H]1C[C@@H](C)O[C@H](C2CC2)C1. The summed E-state index contributed by atoms with van der Waals surface area (Å²) in [6, 6.07) is 14.7. The van der Waals surface area contributed by atoms with Gasteiger partial charge in [0, 0.05) is 12.1 Å². The van der Waals surface area contributed by atoms with Crippen LogP contribution in [0, 0.1) is 23.7 Å². The molecule has 4 saturated heterocycles. The van der Waals surface area contributed by atoms with Gasteiger partial charge in [0.15, 0.2) is 0 Å². The second-order valence-electron chi connectivity index (χ2n) is 21.2. The number of hydrogen-bond acceptors (Lipinski definition) is 10. The minimum atomic E-state index is -0.719. The van der Waals surface area contributed by atoms with Crippen LogP contribution >= 0.6 is 0 Å². The number of carbonyl (C=O) groups is 4. The highest BCUT2D eigenvalue weighted by molar-refractivity contribution is 5.88. The van der Waals surface area contributed by atoms with Crippen LogP contribution in [0.15, 0.2) is 60.9 Å². The number of nitrogens with zero attached hydrogens (tertiary/aromatic N) is 4. The Balaban J connectivity index is 0.802. The number of H-pyrrole nitrogens is 2. The van der Waals surface area contributed by atoms with Gasteiger partial charge in [-0.05, 0) is 151 Å². The molecule has 2 saturated carbocycles. The maximum Gasteiger partial charge on any atom is 0.407 e. The summed E-state index contributed by atoms with van der Waals surface area (Å²) in [5.74, 6) is 2.21. The molecule has 16 nitrogen and oxygen atoms in total. The van der Waals surface area contributed by atoms with Crippen molar-refractivity contribution < 1.29 is 38.1 Å². The van der Waals surface area contributed by atoms with Crippen LogP contribution in [0.25, 0.3) is 33.6 Å². The topological polar surface area (TPSA) is 193 Å². The van der Waals surface area contributed by atoms with Crippen LogP contribution in [-0.2, 0) is 28.5 Å². The molecule has 0 spiro atoms. The van der Waals surface area contributed by atoms with Gasteiger partial charge in [0.05, 0.1) is 74.5 Å². The predicted octanol–water partition coefficient (Wildman–Crippen LogP) is 8.87. The highest BCUT2D eigenvalue weighted by Gasteiger charge is 2.49. The van der Waals surface area contributed by atoms with Crippen LogP contribution in [0.5, 0.6) is 0 Å². The molecule has 2 aromatic carbocycles. The summed E-state index contributed by atoms with van der Waals surface area (Å²) in [6.45, 7) is 8.27. The minimum Gasteiger partial charge on any atom is -0.453 e. The second-order valence-corrected chi connectivity index (χ2v) is 21.2. The number of aromatic amines is 2. The molecule has 6 aliphatic rings. The molecule has 12 atom stereocenters. The number of amides is 4. The van der Waals surface area contributed by atoms with E-state index in [0.29, 0.717) is 24.7 Å². The third kappa shape index (κ3) is 10.1. The Bertz CT molecular complexity index is 2330. The Morgan fingerprint density at radius 1 is 0.557 bits per heavy atom. The van der Waals surface area contributed by atoms with Crippen molar-refractivity contribution in [1.29, 1.82) is 0 Å². The first-order valence-corrected chi connectivity index (χ1v) is 25.8. The average Bonchev–Trinajstić information content (AvgIpc) is 4.21. The highest BCUT2D eigenvalue weighted by Crippen LogP contribution is 2.45. The predicted molar refractivity (Wildman–Crippen MR) is 262 cm³/mol. The van der Waals surface area contributed by atoms with E-state index in [0.717, 1.165) is 109 Å². The van der Waals surface area contributed by atoms with Gasteiger partial charge in [-0.15, -0.1) is 0 Å². The number of carbonyl (C=O) groups excluding carboxylic acids is 4. The highest BCUT2D eigenvalue weighted by atomic mass is 16.5. The first-order chi connectivity index (χ1) is 33.8. The number of ether oxygens (including phenoxy) is 4. The summed E-state index contributed by atoms with van der Waals surface area (Å²) >= 11 is 0. The number of nitrogens with one attached hydrogen (secondary N) is 4. The van der Waals surface area contributed by atoms with Crippen LogP contribution in [0.1, 0.15) is 128 Å². The van der Waals surface area contributed by atoms with Crippen molar-refractivity contribution in [1.82, 2.24) is 40.4 Å². The van der Waals surface area contributed by atoms with Crippen LogP contribution in [0.2, 0.25) is 0 Å². The van der Waals surface area contributed by atoms with E-state index in [1.54, 1.807) is 0 Å². The lowest BCUT2D eigenvalue weighted by atomic mass is 9.83. The molecule has 0 radical (unpaired) electrons. The van der Waals surface area contributed by atoms with E-state index in [9.17, 15) is 19.2 Å². The Hall–Kier alpha value is -5.74. The number of likely N-dealkylation sites (tertiary alicyclic amines) is 2. The van der Waals surface area contributed by atoms with Gasteiger partial charge in [0.25, 0.3) is 0 Å². The van der Waals surface area contributed by atoms with Crippen molar-refractivity contribution in [3.8, 4) is 33.6 Å². The molecule has 2 aromatic heterocycles. The third-order valence-corrected chi connectivity index (χ3v) is 16.2. The van der Waals surface area contributed by atoms with Gasteiger partial charge in [0.1, 0.15) is 23.7 Å². The van der Waals surface area contributed by atoms with E-state index >= 15 is 0 Å². The maximum atomic E-state index is 14.6. The molecule has 10 rings (SSSR count). The van der Waals surface area contributed by atoms with Gasteiger partial charge in [-0.3, -0.25) is 9.59 Å². The first-order valence-electron chi connectivity index (χ1n) is 25.8. The Kier molecular flexibility index (Phi) is 13.8. The van der Waals surface area contributed by atoms with E-state index in [4.69, 9.17) is 28.9 Å². The largest absolute Gasteiger partial charge is 0.453 e. The van der Waals surface area contributed by atoms with Gasteiger partial charge in [0.2, 0.25) is 11.8 Å². The summed E-state index contributed by atoms with van der Waals surface area (Å²) in [7, 11) is 2.67. The quantitative estimate of drug-likeness (QED) is 0.101. The van der Waals surface area contributed by atoms with Gasteiger partial charge < -0.3 is 49.3 Å². The molecular formula is C54H70N8O8. The number of hydrogen-bond donors (Lipinski definition) is 4. The standard InChI is InChI=1S/C54H70N8O8/c1-29-7-21-43(61(29)51(63)47(59-53(65)67-5)39-23-31(3)69-45(25-39)37-17-18-37)49-55-27-41(57-49)35-13-9-33(10-14-35)34-11-15-36(16-12-34)42-28-56-50(58-42)44-22-8-30(2)62(44)52(64)48(60-54(66)68-6)40-24-32(4)70-46(26-40)38-19-20-38/h9-16,27-32,37-40,43-48H,7-8,17-26H2,1-6H3,(H,55,57)(H,56,58)(H,59,65)(H,60,66)/t29-,30-,31-,32+,39+,40+,43-,44-,45-,46-,47-,48-/m0/s1. The molecule has 0 bridgehead atoms. The lowest BCUT2D eigenvalue weighted by molar-refractivity contribution is -0.142. The fraction of sp³-hybridized carbons (Fsp3) is 0.593. The van der Waals surface area contributed by atoms with Crippen molar-refractivity contribution in [2.75, 3.05) is 14.2 Å². The Morgan fingerprint density at radius 2 is 0.929 bits per heavy atom. The van der Waals surface area contributed by atoms with Crippen molar-refractivity contribution >= 4 is 24.0 Å². The summed E-state index contributed by atoms with van der Waals surface area (Å²) in [4.78, 5) is 75.2. The van der Waals surface area contributed by atoms with E-state index in [1.165, 1.54) is 14.2 Å². The van der Waals surface area contributed by atoms with E-state index < -0.39 is 24.3 Å². The van der Waals surface area contributed by atoms with Crippen LogP contribution < -0.4 is 10.6 Å².